The van der Waals surface area contributed by atoms with Gasteiger partial charge in [-0.1, -0.05) is 23.2 Å². The van der Waals surface area contributed by atoms with Gasteiger partial charge in [0.15, 0.2) is 0 Å². The molecule has 24 heavy (non-hydrogen) atoms. The topological polar surface area (TPSA) is 95.3 Å². The molecule has 2 heterocycles. The predicted molar refractivity (Wildman–Crippen MR) is 91.5 cm³/mol. The lowest BCUT2D eigenvalue weighted by Gasteiger charge is -2.03. The van der Waals surface area contributed by atoms with Crippen molar-refractivity contribution in [3.8, 4) is 0 Å². The number of hydrogen-bond donors (Lipinski definition) is 3. The van der Waals surface area contributed by atoms with E-state index in [4.69, 9.17) is 28.3 Å². The Bertz CT molecular complexity index is 1080. The van der Waals surface area contributed by atoms with Crippen LogP contribution in [0.4, 0.5) is 11.6 Å². The van der Waals surface area contributed by atoms with Crippen LogP contribution in [0, 0.1) is 0 Å². The summed E-state index contributed by atoms with van der Waals surface area (Å²) in [5, 5.41) is 16.2. The van der Waals surface area contributed by atoms with Crippen LogP contribution in [0.3, 0.4) is 0 Å². The lowest BCUT2D eigenvalue weighted by atomic mass is 10.2. The van der Waals surface area contributed by atoms with Crippen molar-refractivity contribution in [1.29, 1.82) is 0 Å². The maximum atomic E-state index is 11.0. The molecule has 2 aromatic heterocycles. The molecule has 0 aliphatic heterocycles. The number of aromatic nitrogens is 4. The summed E-state index contributed by atoms with van der Waals surface area (Å²) in [5.41, 5.74) is 2.13. The highest BCUT2D eigenvalue weighted by molar-refractivity contribution is 6.35. The first-order chi connectivity index (χ1) is 11.5. The van der Waals surface area contributed by atoms with Crippen LogP contribution >= 0.6 is 23.2 Å². The third kappa shape index (κ3) is 2.53. The highest BCUT2D eigenvalue weighted by Gasteiger charge is 2.12. The smallest absolute Gasteiger partial charge is 0.335 e. The summed E-state index contributed by atoms with van der Waals surface area (Å²) in [7, 11) is 0. The van der Waals surface area contributed by atoms with E-state index in [1.165, 1.54) is 12.1 Å². The number of carboxylic acids is 1. The number of H-pyrrole nitrogens is 1. The second-order valence-electron chi connectivity index (χ2n) is 5.11. The molecule has 4 aromatic rings. The van der Waals surface area contributed by atoms with Crippen LogP contribution in [0.15, 0.2) is 36.4 Å². The fourth-order valence-electron chi connectivity index (χ4n) is 2.44. The summed E-state index contributed by atoms with van der Waals surface area (Å²) in [5.74, 6) is -0.120. The molecular weight excluding hydrogens is 353 g/mol. The van der Waals surface area contributed by atoms with Crippen LogP contribution < -0.4 is 5.32 Å². The molecule has 3 N–H and O–H groups in total. The maximum absolute atomic E-state index is 11.0. The zero-order valence-electron chi connectivity index (χ0n) is 11.9. The Labute approximate surface area is 144 Å². The number of aromatic carboxylic acids is 1. The number of nitrogens with zero attached hydrogens (tertiary/aromatic N) is 3. The van der Waals surface area contributed by atoms with E-state index in [0.29, 0.717) is 33.0 Å². The van der Waals surface area contributed by atoms with Gasteiger partial charge in [-0.2, -0.15) is 4.98 Å². The van der Waals surface area contributed by atoms with Crippen LogP contribution in [-0.2, 0) is 0 Å². The number of fused-ring (bicyclic) bond motifs is 3. The molecular formula is C15H9Cl2N5O2. The van der Waals surface area contributed by atoms with Gasteiger partial charge in [-0.25, -0.2) is 14.3 Å². The van der Waals surface area contributed by atoms with Gasteiger partial charge >= 0.3 is 5.97 Å². The largest absolute Gasteiger partial charge is 0.478 e. The van der Waals surface area contributed by atoms with E-state index in [2.05, 4.69) is 20.4 Å². The number of carboxylic acid groups (broad SMARTS) is 1. The van der Waals surface area contributed by atoms with Gasteiger partial charge in [0.05, 0.1) is 16.6 Å². The number of imidazole rings is 1. The van der Waals surface area contributed by atoms with Crippen LogP contribution in [0.25, 0.3) is 16.8 Å². The number of anilines is 2. The van der Waals surface area contributed by atoms with Gasteiger partial charge in [-0.15, -0.1) is 0 Å². The third-order valence-electron chi connectivity index (χ3n) is 3.44. The molecule has 0 fully saturated rings. The minimum absolute atomic E-state index is 0.176. The van der Waals surface area contributed by atoms with Crippen molar-refractivity contribution in [3.63, 3.8) is 0 Å². The molecule has 120 valence electrons. The molecule has 0 aliphatic rings. The molecule has 0 amide bonds. The molecule has 0 aliphatic carbocycles. The lowest BCUT2D eigenvalue weighted by molar-refractivity contribution is 0.0697. The fraction of sp³-hybridized carbons (Fsp3) is 0. The summed E-state index contributed by atoms with van der Waals surface area (Å²) >= 11 is 11.9. The number of aromatic amines is 1. The Kier molecular flexibility index (Phi) is 3.33. The van der Waals surface area contributed by atoms with E-state index in [0.717, 1.165) is 5.52 Å². The van der Waals surface area contributed by atoms with Crippen molar-refractivity contribution in [1.82, 2.24) is 19.6 Å². The minimum Gasteiger partial charge on any atom is -0.478 e. The van der Waals surface area contributed by atoms with Gasteiger partial charge < -0.3 is 10.4 Å². The Morgan fingerprint density at radius 1 is 1.12 bits per heavy atom. The molecule has 9 heteroatoms. The van der Waals surface area contributed by atoms with Crippen LogP contribution in [0.2, 0.25) is 10.0 Å². The second kappa shape index (κ2) is 5.40. The highest BCUT2D eigenvalue weighted by atomic mass is 35.5. The predicted octanol–water partition coefficient (Wildman–Crippen LogP) is 3.96. The summed E-state index contributed by atoms with van der Waals surface area (Å²) in [4.78, 5) is 19.7. The van der Waals surface area contributed by atoms with E-state index in [-0.39, 0.29) is 5.56 Å². The summed E-state index contributed by atoms with van der Waals surface area (Å²) in [6.45, 7) is 0. The standard InChI is InChI=1S/C15H9Cl2N5O2/c16-8-4-9(17)6-10(5-8)18-14-20-15-19-11-3-7(13(23)24)1-2-12(11)22(15)21-14/h1-6H,(H,23,24)(H2,18,19,20,21). The molecule has 0 unspecified atom stereocenters. The van der Waals surface area contributed by atoms with Gasteiger partial charge in [0, 0.05) is 15.7 Å². The summed E-state index contributed by atoms with van der Waals surface area (Å²) in [6, 6.07) is 9.77. The monoisotopic (exact) mass is 361 g/mol. The van der Waals surface area contributed by atoms with E-state index < -0.39 is 5.97 Å². The number of nitrogens with one attached hydrogen (secondary N) is 2. The first kappa shape index (κ1) is 14.8. The molecule has 4 rings (SSSR count). The molecule has 0 bridgehead atoms. The summed E-state index contributed by atoms with van der Waals surface area (Å²) in [6.07, 6.45) is 0. The van der Waals surface area contributed by atoms with Crippen molar-refractivity contribution in [3.05, 3.63) is 52.0 Å². The minimum atomic E-state index is -0.998. The van der Waals surface area contributed by atoms with Gasteiger partial charge in [0.1, 0.15) is 0 Å². The molecule has 7 nitrogen and oxygen atoms in total. The van der Waals surface area contributed by atoms with E-state index in [1.54, 1.807) is 28.8 Å². The van der Waals surface area contributed by atoms with E-state index in [1.807, 2.05) is 0 Å². The quantitative estimate of drug-likeness (QED) is 0.513. The number of hydrogen-bond acceptors (Lipinski definition) is 4. The fourth-order valence-corrected chi connectivity index (χ4v) is 2.96. The maximum Gasteiger partial charge on any atom is 0.335 e. The van der Waals surface area contributed by atoms with Crippen molar-refractivity contribution in [2.75, 3.05) is 5.32 Å². The first-order valence-electron chi connectivity index (χ1n) is 6.84. The SMILES string of the molecule is O=C(O)c1ccc2c(c1)nc1nc(Nc3cc(Cl)cc(Cl)c3)[nH]n12. The molecule has 0 atom stereocenters. The third-order valence-corrected chi connectivity index (χ3v) is 3.87. The zero-order valence-corrected chi connectivity index (χ0v) is 13.4. The molecule has 0 spiro atoms. The zero-order chi connectivity index (χ0) is 16.8. The molecule has 0 saturated carbocycles. The Morgan fingerprint density at radius 3 is 2.58 bits per heavy atom. The normalized spacial score (nSPS) is 11.2. The van der Waals surface area contributed by atoms with Gasteiger partial charge in [-0.05, 0) is 36.4 Å². The van der Waals surface area contributed by atoms with Gasteiger partial charge in [0.2, 0.25) is 5.95 Å². The molecule has 0 saturated heterocycles. The average molecular weight is 362 g/mol. The van der Waals surface area contributed by atoms with Gasteiger partial charge in [-0.3, -0.25) is 5.10 Å². The average Bonchev–Trinajstić information content (AvgIpc) is 3.02. The number of carbonyl (C=O) groups is 1. The molecule has 2 aromatic carbocycles. The van der Waals surface area contributed by atoms with Crippen LogP contribution in [0.1, 0.15) is 10.4 Å². The Hall–Kier alpha value is -2.77. The Morgan fingerprint density at radius 2 is 1.88 bits per heavy atom. The van der Waals surface area contributed by atoms with Crippen LogP contribution in [-0.4, -0.2) is 30.7 Å². The number of benzene rings is 2. The summed E-state index contributed by atoms with van der Waals surface area (Å²) < 4.78 is 1.66. The van der Waals surface area contributed by atoms with Crippen molar-refractivity contribution in [2.45, 2.75) is 0 Å². The highest BCUT2D eigenvalue weighted by Crippen LogP contribution is 2.25. The van der Waals surface area contributed by atoms with E-state index in [9.17, 15) is 4.79 Å². The molecule has 0 radical (unpaired) electrons. The first-order valence-corrected chi connectivity index (χ1v) is 7.60. The Balaban J connectivity index is 1.74. The number of rotatable bonds is 3. The van der Waals surface area contributed by atoms with Crippen LogP contribution in [0.5, 0.6) is 0 Å². The second-order valence-corrected chi connectivity index (χ2v) is 5.98. The lowest BCUT2D eigenvalue weighted by Crippen LogP contribution is -1.96. The number of halogens is 2. The van der Waals surface area contributed by atoms with Crippen molar-refractivity contribution >= 4 is 57.6 Å². The van der Waals surface area contributed by atoms with Gasteiger partial charge in [0.25, 0.3) is 5.78 Å². The van der Waals surface area contributed by atoms with E-state index >= 15 is 0 Å². The van der Waals surface area contributed by atoms with Crippen molar-refractivity contribution < 1.29 is 9.90 Å². The van der Waals surface area contributed by atoms with Crippen molar-refractivity contribution in [2.24, 2.45) is 0 Å².